The maximum absolute atomic E-state index is 14.1. The number of anilines is 1. The van der Waals surface area contributed by atoms with E-state index < -0.39 is 53.1 Å². The molecule has 5 rings (SSSR count). The number of amides is 1. The lowest BCUT2D eigenvalue weighted by Crippen LogP contribution is -2.62. The van der Waals surface area contributed by atoms with Gasteiger partial charge in [-0.1, -0.05) is 66.2 Å². The Hall–Kier alpha value is -3.75. The molecule has 12 nitrogen and oxygen atoms in total. The molecule has 1 amide bonds. The Morgan fingerprint density at radius 1 is 1.07 bits per heavy atom. The van der Waals surface area contributed by atoms with Gasteiger partial charge in [0.25, 0.3) is 0 Å². The van der Waals surface area contributed by atoms with Gasteiger partial charge in [-0.15, -0.1) is 5.10 Å². The SMILES string of the molecule is [B][C@@H]1[C@@H](C)C(=O)[C@@H](C)C(=O)O[C@H](CC)[C@@]2(C)OC(=O)N(CCCCn3cc(-c4cccc(N)c4)nn3)[C@@H]2[C@@H](Cc2cccc(Br)c2)NC[C@H](C)C[C@@]1(C)OC. The van der Waals surface area contributed by atoms with E-state index in [1.54, 1.807) is 30.5 Å². The summed E-state index contributed by atoms with van der Waals surface area (Å²) in [5.74, 6) is -3.35. The van der Waals surface area contributed by atoms with Gasteiger partial charge in [0, 0.05) is 47.9 Å². The molecule has 296 valence electrons. The van der Waals surface area contributed by atoms with Crippen LogP contribution in [0.3, 0.4) is 0 Å². The van der Waals surface area contributed by atoms with Crippen molar-refractivity contribution < 1.29 is 28.6 Å². The molecular weight excluding hydrogens is 763 g/mol. The van der Waals surface area contributed by atoms with Crippen molar-refractivity contribution in [1.82, 2.24) is 25.2 Å². The summed E-state index contributed by atoms with van der Waals surface area (Å²) in [6.07, 6.45) is 3.42. The first-order valence-corrected chi connectivity index (χ1v) is 20.2. The number of nitrogens with zero attached hydrogens (tertiary/aromatic N) is 4. The Balaban J connectivity index is 1.47. The minimum atomic E-state index is -1.25. The predicted molar refractivity (Wildman–Crippen MR) is 216 cm³/mol. The number of esters is 1. The van der Waals surface area contributed by atoms with E-state index in [0.717, 1.165) is 21.3 Å². The lowest BCUT2D eigenvalue weighted by Gasteiger charge is -2.42. The molecule has 2 aromatic carbocycles. The highest BCUT2D eigenvalue weighted by Crippen LogP contribution is 2.41. The highest BCUT2D eigenvalue weighted by Gasteiger charge is 2.59. The quantitative estimate of drug-likeness (QED) is 0.0772. The zero-order chi connectivity index (χ0) is 40.1. The fraction of sp³-hybridized carbons (Fsp3) is 0.585. The third kappa shape index (κ3) is 9.63. The molecule has 2 aliphatic heterocycles. The van der Waals surface area contributed by atoms with Crippen molar-refractivity contribution in [3.63, 3.8) is 0 Å². The van der Waals surface area contributed by atoms with Gasteiger partial charge in [0.2, 0.25) is 0 Å². The van der Waals surface area contributed by atoms with Crippen LogP contribution in [0.5, 0.6) is 0 Å². The number of unbranched alkanes of at least 4 members (excludes halogenated alkanes) is 1. The van der Waals surface area contributed by atoms with E-state index in [0.29, 0.717) is 57.4 Å². The monoisotopic (exact) mass is 818 g/mol. The first kappa shape index (κ1) is 42.4. The summed E-state index contributed by atoms with van der Waals surface area (Å²) in [6, 6.07) is 14.8. The summed E-state index contributed by atoms with van der Waals surface area (Å²) >= 11 is 3.63. The number of aromatic nitrogens is 3. The third-order valence-corrected chi connectivity index (χ3v) is 12.1. The van der Waals surface area contributed by atoms with E-state index in [1.165, 1.54) is 0 Å². The summed E-state index contributed by atoms with van der Waals surface area (Å²) in [4.78, 5) is 43.4. The summed E-state index contributed by atoms with van der Waals surface area (Å²) in [5, 5.41) is 12.5. The topological polar surface area (TPSA) is 151 Å². The second-order valence-corrected chi connectivity index (χ2v) is 16.8. The van der Waals surface area contributed by atoms with Gasteiger partial charge >= 0.3 is 12.1 Å². The number of ether oxygens (including phenoxy) is 3. The van der Waals surface area contributed by atoms with Gasteiger partial charge in [-0.25, -0.2) is 4.79 Å². The van der Waals surface area contributed by atoms with Crippen LogP contribution in [0, 0.1) is 17.8 Å². The van der Waals surface area contributed by atoms with E-state index in [1.807, 2.05) is 63.4 Å². The Kier molecular flexibility index (Phi) is 13.9. The largest absolute Gasteiger partial charge is 0.458 e. The number of cyclic esters (lactones) is 1. The number of rotatable bonds is 10. The molecule has 2 fully saturated rings. The number of aryl methyl sites for hydroxylation is 1. The number of hydrogen-bond acceptors (Lipinski definition) is 10. The first-order chi connectivity index (χ1) is 26.1. The summed E-state index contributed by atoms with van der Waals surface area (Å²) in [5.41, 5.74) is 7.21. The van der Waals surface area contributed by atoms with Crippen molar-refractivity contribution in [2.45, 2.75) is 115 Å². The van der Waals surface area contributed by atoms with E-state index in [2.05, 4.69) is 50.6 Å². The lowest BCUT2D eigenvalue weighted by atomic mass is 9.62. The molecule has 0 unspecified atom stereocenters. The van der Waals surface area contributed by atoms with E-state index in [-0.39, 0.29) is 17.7 Å². The molecule has 2 radical (unpaired) electrons. The molecule has 9 atom stereocenters. The molecule has 3 aromatic rings. The van der Waals surface area contributed by atoms with Crippen LogP contribution >= 0.6 is 15.9 Å². The number of benzene rings is 2. The van der Waals surface area contributed by atoms with Gasteiger partial charge in [0.05, 0.1) is 25.7 Å². The molecular formula is C41H56BBrN6O6. The Labute approximate surface area is 335 Å². The van der Waals surface area contributed by atoms with Gasteiger partial charge in [-0.3, -0.25) is 19.2 Å². The standard InChI is InChI=1S/C41H56BBrN6O6/c1-8-34-41(6)37(49(39(52)55-41)18-10-9-17-48-24-33(46-47-48)29-14-12-16-31(44)21-29)32(20-28-13-11-15-30(43)19-28)45-23-25(2)22-40(5,53-7)36(42)26(3)35(50)27(4)38(51)54-34/h11-16,19,21,24-27,32,34,36-37,45H,8-10,17-18,20,22-23,44H2,1-7H3/t25-,26+,27-,32-,34-,36-,37-,40-,41-/m1/s1. The number of fused-ring (bicyclic) bond motifs is 1. The number of nitrogens with two attached hydrogens (primary N) is 1. The molecule has 3 heterocycles. The molecule has 0 aliphatic carbocycles. The highest BCUT2D eigenvalue weighted by molar-refractivity contribution is 9.10. The predicted octanol–water partition coefficient (Wildman–Crippen LogP) is 6.42. The average Bonchev–Trinajstić information content (AvgIpc) is 3.73. The number of halogens is 1. The number of ketones is 1. The number of nitrogen functional groups attached to an aromatic ring is 1. The molecule has 55 heavy (non-hydrogen) atoms. The molecule has 0 bridgehead atoms. The van der Waals surface area contributed by atoms with Crippen LogP contribution in [0.25, 0.3) is 11.3 Å². The molecule has 0 saturated carbocycles. The number of carbonyl (C=O) groups excluding carboxylic acids is 3. The Bertz CT molecular complexity index is 1810. The third-order valence-electron chi connectivity index (χ3n) is 11.6. The molecule has 3 N–H and O–H groups in total. The number of hydrogen-bond donors (Lipinski definition) is 2. The second kappa shape index (κ2) is 18.0. The van der Waals surface area contributed by atoms with E-state index in [4.69, 9.17) is 27.8 Å². The minimum absolute atomic E-state index is 0.0587. The van der Waals surface area contributed by atoms with Gasteiger partial charge in [-0.2, -0.15) is 0 Å². The number of Topliss-reactive ketones (excluding diaryl/α,β-unsaturated/α-hetero) is 1. The summed E-state index contributed by atoms with van der Waals surface area (Å²) in [7, 11) is 8.37. The molecule has 0 spiro atoms. The fourth-order valence-corrected chi connectivity index (χ4v) is 8.82. The van der Waals surface area contributed by atoms with Crippen molar-refractivity contribution >= 4 is 47.3 Å². The molecule has 14 heteroatoms. The number of methoxy groups -OCH3 is 1. The van der Waals surface area contributed by atoms with Crippen molar-refractivity contribution in [3.05, 3.63) is 64.8 Å². The normalized spacial score (nSPS) is 30.9. The van der Waals surface area contributed by atoms with Crippen molar-refractivity contribution in [3.8, 4) is 11.3 Å². The zero-order valence-corrected chi connectivity index (χ0v) is 34.8. The van der Waals surface area contributed by atoms with E-state index in [9.17, 15) is 14.4 Å². The Morgan fingerprint density at radius 2 is 1.80 bits per heavy atom. The maximum atomic E-state index is 14.1. The molecule has 2 saturated heterocycles. The van der Waals surface area contributed by atoms with Crippen LogP contribution in [-0.2, 0) is 36.8 Å². The van der Waals surface area contributed by atoms with Gasteiger partial charge in [0.1, 0.15) is 23.5 Å². The van der Waals surface area contributed by atoms with Gasteiger partial charge < -0.3 is 25.3 Å². The van der Waals surface area contributed by atoms with Crippen LogP contribution < -0.4 is 11.1 Å². The smallest absolute Gasteiger partial charge is 0.410 e. The van der Waals surface area contributed by atoms with Crippen LogP contribution in [0.15, 0.2) is 59.2 Å². The molecule has 2 aliphatic rings. The number of carbonyl (C=O) groups is 3. The average molecular weight is 820 g/mol. The van der Waals surface area contributed by atoms with Crippen LogP contribution in [0.4, 0.5) is 10.5 Å². The van der Waals surface area contributed by atoms with Crippen LogP contribution in [-0.4, -0.2) is 95.2 Å². The van der Waals surface area contributed by atoms with Gasteiger partial charge in [0.15, 0.2) is 5.60 Å². The lowest BCUT2D eigenvalue weighted by molar-refractivity contribution is -0.170. The Morgan fingerprint density at radius 3 is 2.49 bits per heavy atom. The van der Waals surface area contributed by atoms with E-state index >= 15 is 0 Å². The maximum Gasteiger partial charge on any atom is 0.410 e. The second-order valence-electron chi connectivity index (χ2n) is 15.8. The first-order valence-electron chi connectivity index (χ1n) is 19.4. The summed E-state index contributed by atoms with van der Waals surface area (Å²) < 4.78 is 21.3. The van der Waals surface area contributed by atoms with Crippen molar-refractivity contribution in [1.29, 1.82) is 0 Å². The zero-order valence-electron chi connectivity index (χ0n) is 33.2. The number of nitrogens with one attached hydrogen (secondary N) is 1. The van der Waals surface area contributed by atoms with Crippen LogP contribution in [0.1, 0.15) is 72.8 Å². The summed E-state index contributed by atoms with van der Waals surface area (Å²) in [6.45, 7) is 12.7. The van der Waals surface area contributed by atoms with Crippen molar-refractivity contribution in [2.24, 2.45) is 17.8 Å². The fourth-order valence-electron chi connectivity index (χ4n) is 8.38. The molecule has 1 aromatic heterocycles. The van der Waals surface area contributed by atoms with Crippen molar-refractivity contribution in [2.75, 3.05) is 25.9 Å². The van der Waals surface area contributed by atoms with Crippen LogP contribution in [0.2, 0.25) is 5.82 Å². The van der Waals surface area contributed by atoms with Gasteiger partial charge in [-0.05, 0) is 101 Å². The highest BCUT2D eigenvalue weighted by atomic mass is 79.9. The minimum Gasteiger partial charge on any atom is -0.458 e.